The zero-order valence-corrected chi connectivity index (χ0v) is 11.7. The van der Waals surface area contributed by atoms with E-state index >= 15 is 0 Å². The van der Waals surface area contributed by atoms with Crippen molar-refractivity contribution in [1.82, 2.24) is 9.97 Å². The lowest BCUT2D eigenvalue weighted by Gasteiger charge is -2.13. The van der Waals surface area contributed by atoms with Crippen LogP contribution in [0.4, 0.5) is 0 Å². The van der Waals surface area contributed by atoms with E-state index in [2.05, 4.69) is 9.97 Å². The van der Waals surface area contributed by atoms with Crippen LogP contribution in [0.25, 0.3) is 11.0 Å². The van der Waals surface area contributed by atoms with Crippen molar-refractivity contribution < 1.29 is 4.74 Å². The van der Waals surface area contributed by atoms with Gasteiger partial charge in [-0.2, -0.15) is 0 Å². The molecule has 0 amide bonds. The third-order valence-corrected chi connectivity index (χ3v) is 3.91. The minimum atomic E-state index is -0.0338. The molecule has 1 aliphatic heterocycles. The summed E-state index contributed by atoms with van der Waals surface area (Å²) in [6, 6.07) is 7.86. The van der Waals surface area contributed by atoms with Gasteiger partial charge in [0, 0.05) is 12.6 Å². The van der Waals surface area contributed by atoms with E-state index < -0.39 is 0 Å². The first-order valence-electron chi connectivity index (χ1n) is 7.42. The molecule has 20 heavy (non-hydrogen) atoms. The Labute approximate surface area is 119 Å². The Kier molecular flexibility index (Phi) is 4.23. The number of hydrogen-bond donors (Lipinski definition) is 1. The Balaban J connectivity index is 1.58. The van der Waals surface area contributed by atoms with Gasteiger partial charge < -0.3 is 10.5 Å². The summed E-state index contributed by atoms with van der Waals surface area (Å²) in [4.78, 5) is 9.03. The highest BCUT2D eigenvalue weighted by atomic mass is 16.5. The zero-order chi connectivity index (χ0) is 13.8. The molecule has 1 aliphatic rings. The predicted molar refractivity (Wildman–Crippen MR) is 79.3 cm³/mol. The summed E-state index contributed by atoms with van der Waals surface area (Å²) in [5, 5.41) is 0. The summed E-state index contributed by atoms with van der Waals surface area (Å²) in [6.45, 7) is 0.923. The van der Waals surface area contributed by atoms with Crippen molar-refractivity contribution in [2.45, 2.75) is 44.2 Å². The number of ether oxygens (including phenoxy) is 1. The van der Waals surface area contributed by atoms with E-state index in [0.29, 0.717) is 6.10 Å². The van der Waals surface area contributed by atoms with Crippen LogP contribution in [0, 0.1) is 0 Å². The molecule has 0 radical (unpaired) electrons. The third-order valence-electron chi connectivity index (χ3n) is 3.91. The number of aromatic nitrogens is 2. The first-order valence-corrected chi connectivity index (χ1v) is 7.42. The molecule has 4 nitrogen and oxygen atoms in total. The number of hydrogen-bond acceptors (Lipinski definition) is 4. The first kappa shape index (κ1) is 13.5. The van der Waals surface area contributed by atoms with Gasteiger partial charge in [0.15, 0.2) is 0 Å². The fraction of sp³-hybridized carbons (Fsp3) is 0.500. The fourth-order valence-corrected chi connectivity index (χ4v) is 2.74. The van der Waals surface area contributed by atoms with Crippen molar-refractivity contribution in [3.8, 4) is 0 Å². The van der Waals surface area contributed by atoms with Gasteiger partial charge in [-0.15, -0.1) is 0 Å². The second kappa shape index (κ2) is 6.29. The van der Waals surface area contributed by atoms with Crippen LogP contribution in [0.3, 0.4) is 0 Å². The minimum absolute atomic E-state index is 0.0338. The molecule has 4 heteroatoms. The van der Waals surface area contributed by atoms with Crippen LogP contribution in [-0.2, 0) is 4.74 Å². The van der Waals surface area contributed by atoms with Crippen molar-refractivity contribution in [3.05, 3.63) is 36.2 Å². The van der Waals surface area contributed by atoms with Crippen molar-refractivity contribution in [2.24, 2.45) is 5.73 Å². The topological polar surface area (TPSA) is 61.0 Å². The Bertz CT molecular complexity index is 566. The number of benzene rings is 1. The molecule has 0 bridgehead atoms. The maximum atomic E-state index is 6.23. The van der Waals surface area contributed by atoms with Crippen LogP contribution in [0.2, 0.25) is 0 Å². The highest BCUT2D eigenvalue weighted by molar-refractivity contribution is 5.73. The second-order valence-corrected chi connectivity index (χ2v) is 5.46. The molecule has 0 saturated carbocycles. The van der Waals surface area contributed by atoms with E-state index in [1.165, 1.54) is 12.8 Å². The summed E-state index contributed by atoms with van der Waals surface area (Å²) >= 11 is 0. The molecule has 2 unspecified atom stereocenters. The van der Waals surface area contributed by atoms with E-state index in [-0.39, 0.29) is 6.04 Å². The van der Waals surface area contributed by atoms with Gasteiger partial charge in [0.25, 0.3) is 0 Å². The molecule has 1 aromatic heterocycles. The molecule has 0 spiro atoms. The quantitative estimate of drug-likeness (QED) is 0.908. The second-order valence-electron chi connectivity index (χ2n) is 5.46. The average molecular weight is 271 g/mol. The molecule has 2 N–H and O–H groups in total. The Morgan fingerprint density at radius 1 is 1.30 bits per heavy atom. The molecule has 2 heterocycles. The lowest BCUT2D eigenvalue weighted by Crippen LogP contribution is -2.14. The largest absolute Gasteiger partial charge is 0.378 e. The highest BCUT2D eigenvalue weighted by Gasteiger charge is 2.16. The fourth-order valence-electron chi connectivity index (χ4n) is 2.74. The normalized spacial score (nSPS) is 20.4. The van der Waals surface area contributed by atoms with Crippen molar-refractivity contribution in [3.63, 3.8) is 0 Å². The van der Waals surface area contributed by atoms with Gasteiger partial charge in [-0.3, -0.25) is 4.98 Å². The molecule has 1 saturated heterocycles. The van der Waals surface area contributed by atoms with Crippen molar-refractivity contribution in [1.29, 1.82) is 0 Å². The maximum absolute atomic E-state index is 6.23. The molecule has 1 aromatic carbocycles. The van der Waals surface area contributed by atoms with Gasteiger partial charge in [0.05, 0.1) is 29.0 Å². The molecule has 1 fully saturated rings. The third kappa shape index (κ3) is 3.14. The number of nitrogens with zero attached hydrogens (tertiary/aromatic N) is 2. The highest BCUT2D eigenvalue weighted by Crippen LogP contribution is 2.21. The summed E-state index contributed by atoms with van der Waals surface area (Å²) in [6.07, 6.45) is 7.78. The van der Waals surface area contributed by atoms with E-state index in [4.69, 9.17) is 10.5 Å². The van der Waals surface area contributed by atoms with Crippen molar-refractivity contribution in [2.75, 3.05) is 6.61 Å². The number of rotatable bonds is 5. The van der Waals surface area contributed by atoms with Crippen LogP contribution in [0.15, 0.2) is 30.5 Å². The maximum Gasteiger partial charge on any atom is 0.0890 e. The lowest BCUT2D eigenvalue weighted by molar-refractivity contribution is 0.101. The first-order chi connectivity index (χ1) is 9.83. The van der Waals surface area contributed by atoms with Gasteiger partial charge in [0.1, 0.15) is 0 Å². The van der Waals surface area contributed by atoms with Gasteiger partial charge >= 0.3 is 0 Å². The smallest absolute Gasteiger partial charge is 0.0890 e. The summed E-state index contributed by atoms with van der Waals surface area (Å²) in [5.74, 6) is 0. The molecular formula is C16H21N3O. The molecular weight excluding hydrogens is 250 g/mol. The minimum Gasteiger partial charge on any atom is -0.378 e. The van der Waals surface area contributed by atoms with Gasteiger partial charge in [-0.05, 0) is 44.2 Å². The molecule has 2 atom stereocenters. The van der Waals surface area contributed by atoms with E-state index in [1.807, 2.05) is 24.3 Å². The Morgan fingerprint density at radius 3 is 2.95 bits per heavy atom. The monoisotopic (exact) mass is 271 g/mol. The summed E-state index contributed by atoms with van der Waals surface area (Å²) in [5.41, 5.74) is 8.95. The van der Waals surface area contributed by atoms with Gasteiger partial charge in [-0.25, -0.2) is 4.98 Å². The van der Waals surface area contributed by atoms with Gasteiger partial charge in [0.2, 0.25) is 0 Å². The average Bonchev–Trinajstić information content (AvgIpc) is 3.00. The standard InChI is InChI=1S/C16H21N3O/c17-13(7-3-5-12-6-4-10-20-12)16-11-18-14-8-1-2-9-15(14)19-16/h1-2,8-9,11-13H,3-7,10,17H2. The zero-order valence-electron chi connectivity index (χ0n) is 11.7. The van der Waals surface area contributed by atoms with E-state index in [9.17, 15) is 0 Å². The number of para-hydroxylation sites is 2. The van der Waals surface area contributed by atoms with Gasteiger partial charge in [-0.1, -0.05) is 12.1 Å². The van der Waals surface area contributed by atoms with Crippen LogP contribution in [-0.4, -0.2) is 22.7 Å². The molecule has 3 rings (SSSR count). The SMILES string of the molecule is NC(CCCC1CCCO1)c1cnc2ccccc2n1. The number of fused-ring (bicyclic) bond motifs is 1. The Hall–Kier alpha value is -1.52. The van der Waals surface area contributed by atoms with Crippen LogP contribution in [0.1, 0.15) is 43.8 Å². The summed E-state index contributed by atoms with van der Waals surface area (Å²) < 4.78 is 5.63. The molecule has 0 aliphatic carbocycles. The van der Waals surface area contributed by atoms with Crippen LogP contribution in [0.5, 0.6) is 0 Å². The predicted octanol–water partition coefficient (Wildman–Crippen LogP) is 2.98. The van der Waals surface area contributed by atoms with E-state index in [1.54, 1.807) is 6.20 Å². The van der Waals surface area contributed by atoms with Crippen LogP contribution < -0.4 is 5.73 Å². The summed E-state index contributed by atoms with van der Waals surface area (Å²) in [7, 11) is 0. The van der Waals surface area contributed by atoms with Crippen LogP contribution >= 0.6 is 0 Å². The van der Waals surface area contributed by atoms with Crippen molar-refractivity contribution >= 4 is 11.0 Å². The Morgan fingerprint density at radius 2 is 2.15 bits per heavy atom. The molecule has 2 aromatic rings. The number of nitrogens with two attached hydrogens (primary N) is 1. The van der Waals surface area contributed by atoms with E-state index in [0.717, 1.165) is 42.6 Å². The lowest BCUT2D eigenvalue weighted by atomic mass is 10.0. The molecule has 106 valence electrons.